The highest BCUT2D eigenvalue weighted by atomic mass is 127. The Kier molecular flexibility index (Phi) is 3.55. The first-order valence-electron chi connectivity index (χ1n) is 5.19. The molecule has 0 aliphatic heterocycles. The summed E-state index contributed by atoms with van der Waals surface area (Å²) in [6.07, 6.45) is 0. The van der Waals surface area contributed by atoms with Gasteiger partial charge >= 0.3 is 5.97 Å². The molecular weight excluding hydrogens is 347 g/mol. The molecule has 1 aromatic carbocycles. The fourth-order valence-corrected chi connectivity index (χ4v) is 2.07. The van der Waals surface area contributed by atoms with Crippen molar-refractivity contribution in [1.82, 2.24) is 9.78 Å². The molecule has 6 heteroatoms. The van der Waals surface area contributed by atoms with Crippen LogP contribution in [0.15, 0.2) is 24.3 Å². The number of aromatic nitrogens is 2. The van der Waals surface area contributed by atoms with Crippen molar-refractivity contribution in [2.24, 2.45) is 7.05 Å². The molecule has 0 aliphatic rings. The molecule has 2 aromatic rings. The lowest BCUT2D eigenvalue weighted by molar-refractivity contribution is 0.0697. The van der Waals surface area contributed by atoms with Crippen LogP contribution in [0.25, 0.3) is 0 Å². The van der Waals surface area contributed by atoms with Crippen LogP contribution in [0.4, 0.5) is 0 Å². The summed E-state index contributed by atoms with van der Waals surface area (Å²) >= 11 is 2.17. The normalized spacial score (nSPS) is 10.4. The average Bonchev–Trinajstić information content (AvgIpc) is 2.57. The molecule has 0 radical (unpaired) electrons. The van der Waals surface area contributed by atoms with Gasteiger partial charge in [-0.3, -0.25) is 0 Å². The Bertz CT molecular complexity index is 590. The van der Waals surface area contributed by atoms with Gasteiger partial charge in [0, 0.05) is 7.05 Å². The SMILES string of the molecule is Cc1nn(C)c(Oc2ccc(C(=O)O)cc2)c1I. The predicted octanol–water partition coefficient (Wildman–Crippen LogP) is 2.82. The molecule has 18 heavy (non-hydrogen) atoms. The zero-order valence-electron chi connectivity index (χ0n) is 9.85. The van der Waals surface area contributed by atoms with Gasteiger partial charge in [-0.15, -0.1) is 0 Å². The number of hydrogen-bond acceptors (Lipinski definition) is 3. The Morgan fingerprint density at radius 2 is 2.00 bits per heavy atom. The van der Waals surface area contributed by atoms with Crippen LogP contribution in [0.5, 0.6) is 11.6 Å². The molecule has 5 nitrogen and oxygen atoms in total. The molecule has 0 atom stereocenters. The second-order valence-corrected chi connectivity index (χ2v) is 4.84. The molecule has 94 valence electrons. The van der Waals surface area contributed by atoms with Gasteiger partial charge in [-0.25, -0.2) is 9.48 Å². The second-order valence-electron chi connectivity index (χ2n) is 3.76. The fourth-order valence-electron chi connectivity index (χ4n) is 1.50. The molecule has 0 aliphatic carbocycles. The van der Waals surface area contributed by atoms with Crippen LogP contribution in [0.2, 0.25) is 0 Å². The van der Waals surface area contributed by atoms with Gasteiger partial charge in [0.05, 0.1) is 14.8 Å². The number of aryl methyl sites for hydroxylation is 2. The van der Waals surface area contributed by atoms with Gasteiger partial charge in [0.2, 0.25) is 5.88 Å². The molecule has 0 saturated carbocycles. The largest absolute Gasteiger partial charge is 0.478 e. The number of benzene rings is 1. The summed E-state index contributed by atoms with van der Waals surface area (Å²) in [5.41, 5.74) is 1.13. The second kappa shape index (κ2) is 4.97. The van der Waals surface area contributed by atoms with Gasteiger partial charge < -0.3 is 9.84 Å². The first-order valence-corrected chi connectivity index (χ1v) is 6.27. The number of hydrogen-bond donors (Lipinski definition) is 1. The van der Waals surface area contributed by atoms with Crippen molar-refractivity contribution < 1.29 is 14.6 Å². The number of carboxylic acids is 1. The summed E-state index contributed by atoms with van der Waals surface area (Å²) in [6.45, 7) is 1.90. The third kappa shape index (κ3) is 2.47. The molecule has 0 fully saturated rings. The Morgan fingerprint density at radius 3 is 2.44 bits per heavy atom. The molecule has 2 rings (SSSR count). The molecule has 1 aromatic heterocycles. The number of halogens is 1. The van der Waals surface area contributed by atoms with Gasteiger partial charge in [-0.2, -0.15) is 5.10 Å². The molecule has 1 N–H and O–H groups in total. The van der Waals surface area contributed by atoms with Crippen LogP contribution < -0.4 is 4.74 Å². The van der Waals surface area contributed by atoms with E-state index in [-0.39, 0.29) is 5.56 Å². The van der Waals surface area contributed by atoms with E-state index in [9.17, 15) is 4.79 Å². The topological polar surface area (TPSA) is 64.4 Å². The van der Waals surface area contributed by atoms with Crippen LogP contribution in [-0.2, 0) is 7.05 Å². The van der Waals surface area contributed by atoms with E-state index in [4.69, 9.17) is 9.84 Å². The zero-order chi connectivity index (χ0) is 13.3. The quantitative estimate of drug-likeness (QED) is 0.858. The third-order valence-corrected chi connectivity index (χ3v) is 3.66. The Labute approximate surface area is 118 Å². The summed E-state index contributed by atoms with van der Waals surface area (Å²) in [4.78, 5) is 10.7. The maximum absolute atomic E-state index is 10.7. The van der Waals surface area contributed by atoms with Gasteiger partial charge in [0.15, 0.2) is 0 Å². The third-order valence-electron chi connectivity index (χ3n) is 2.42. The van der Waals surface area contributed by atoms with E-state index in [1.165, 1.54) is 12.1 Å². The zero-order valence-corrected chi connectivity index (χ0v) is 12.0. The van der Waals surface area contributed by atoms with Gasteiger partial charge in [-0.1, -0.05) is 0 Å². The maximum Gasteiger partial charge on any atom is 0.335 e. The van der Waals surface area contributed by atoms with Crippen LogP contribution >= 0.6 is 22.6 Å². The fraction of sp³-hybridized carbons (Fsp3) is 0.167. The highest BCUT2D eigenvalue weighted by Gasteiger charge is 2.13. The van der Waals surface area contributed by atoms with Crippen molar-refractivity contribution in [3.8, 4) is 11.6 Å². The lowest BCUT2D eigenvalue weighted by Crippen LogP contribution is -1.98. The van der Waals surface area contributed by atoms with E-state index in [2.05, 4.69) is 27.7 Å². The van der Waals surface area contributed by atoms with Gasteiger partial charge in [-0.05, 0) is 53.8 Å². The number of nitrogens with zero attached hydrogens (tertiary/aromatic N) is 2. The van der Waals surface area contributed by atoms with Crippen LogP contribution in [0.3, 0.4) is 0 Å². The Hall–Kier alpha value is -1.57. The molecule has 0 bridgehead atoms. The van der Waals surface area contributed by atoms with E-state index in [0.717, 1.165) is 9.26 Å². The van der Waals surface area contributed by atoms with Crippen LogP contribution in [0, 0.1) is 10.5 Å². The van der Waals surface area contributed by atoms with E-state index in [0.29, 0.717) is 11.6 Å². The van der Waals surface area contributed by atoms with Crippen molar-refractivity contribution in [2.45, 2.75) is 6.92 Å². The summed E-state index contributed by atoms with van der Waals surface area (Å²) in [6, 6.07) is 6.27. The maximum atomic E-state index is 10.7. The number of ether oxygens (including phenoxy) is 1. The van der Waals surface area contributed by atoms with E-state index < -0.39 is 5.97 Å². The smallest absolute Gasteiger partial charge is 0.335 e. The van der Waals surface area contributed by atoms with Crippen molar-refractivity contribution in [3.63, 3.8) is 0 Å². The van der Waals surface area contributed by atoms with Crippen molar-refractivity contribution in [1.29, 1.82) is 0 Å². The van der Waals surface area contributed by atoms with Crippen LogP contribution in [0.1, 0.15) is 16.1 Å². The first-order chi connectivity index (χ1) is 8.49. The van der Waals surface area contributed by atoms with Crippen molar-refractivity contribution in [3.05, 3.63) is 39.1 Å². The number of rotatable bonds is 3. The van der Waals surface area contributed by atoms with Gasteiger partial charge in [0.1, 0.15) is 5.75 Å². The number of aromatic carboxylic acids is 1. The first kappa shape index (κ1) is 12.9. The summed E-state index contributed by atoms with van der Waals surface area (Å²) in [5, 5.41) is 13.0. The van der Waals surface area contributed by atoms with Gasteiger partial charge in [0.25, 0.3) is 0 Å². The van der Waals surface area contributed by atoms with Crippen LogP contribution in [-0.4, -0.2) is 20.9 Å². The minimum atomic E-state index is -0.951. The van der Waals surface area contributed by atoms with E-state index in [1.807, 2.05) is 6.92 Å². The minimum Gasteiger partial charge on any atom is -0.478 e. The van der Waals surface area contributed by atoms with E-state index >= 15 is 0 Å². The molecule has 0 saturated heterocycles. The lowest BCUT2D eigenvalue weighted by atomic mass is 10.2. The molecule has 0 amide bonds. The highest BCUT2D eigenvalue weighted by molar-refractivity contribution is 14.1. The van der Waals surface area contributed by atoms with Crippen molar-refractivity contribution >= 4 is 28.6 Å². The Balaban J connectivity index is 2.26. The predicted molar refractivity (Wildman–Crippen MR) is 74.1 cm³/mol. The summed E-state index contributed by atoms with van der Waals surface area (Å²) in [5.74, 6) is 0.282. The van der Waals surface area contributed by atoms with E-state index in [1.54, 1.807) is 23.9 Å². The molecular formula is C12H11IN2O3. The Morgan fingerprint density at radius 1 is 1.39 bits per heavy atom. The molecule has 0 spiro atoms. The minimum absolute atomic E-state index is 0.234. The summed E-state index contributed by atoms with van der Waals surface area (Å²) < 4.78 is 8.29. The summed E-state index contributed by atoms with van der Waals surface area (Å²) in [7, 11) is 1.80. The standard InChI is InChI=1S/C12H11IN2O3/c1-7-10(13)11(15(2)14-7)18-9-5-3-8(4-6-9)12(16)17/h3-6H,1-2H3,(H,16,17). The lowest BCUT2D eigenvalue weighted by Gasteiger charge is -2.06. The molecule has 0 unspecified atom stereocenters. The van der Waals surface area contributed by atoms with Crippen molar-refractivity contribution in [2.75, 3.05) is 0 Å². The molecule has 1 heterocycles. The average molecular weight is 358 g/mol. The monoisotopic (exact) mass is 358 g/mol. The number of carbonyl (C=O) groups is 1. The number of carboxylic acid groups (broad SMARTS) is 1. The highest BCUT2D eigenvalue weighted by Crippen LogP contribution is 2.28.